The quantitative estimate of drug-likeness (QED) is 0.136. The van der Waals surface area contributed by atoms with Crippen LogP contribution in [-0.2, 0) is 24.1 Å². The number of alkyl halides is 5. The first kappa shape index (κ1) is 38.5. The summed E-state index contributed by atoms with van der Waals surface area (Å²) in [5, 5.41) is 9.66. The van der Waals surface area contributed by atoms with Crippen molar-refractivity contribution in [3.05, 3.63) is 88.5 Å². The molecule has 0 amide bonds. The predicted octanol–water partition coefficient (Wildman–Crippen LogP) is 10.3. The Morgan fingerprint density at radius 2 is 1.49 bits per heavy atom. The number of hydrogen-bond donors (Lipinski definition) is 1. The first-order valence-electron chi connectivity index (χ1n) is 18.9. The molecule has 3 atom stereocenters. The van der Waals surface area contributed by atoms with Gasteiger partial charge in [-0.15, -0.1) is 0 Å². The number of ether oxygens (including phenoxy) is 1. The van der Waals surface area contributed by atoms with E-state index in [2.05, 4.69) is 23.7 Å². The molecule has 57 heavy (non-hydrogen) atoms. The highest BCUT2D eigenvalue weighted by Gasteiger charge is 2.37. The lowest BCUT2D eigenvalue weighted by atomic mass is 9.91. The van der Waals surface area contributed by atoms with Crippen LogP contribution in [-0.4, -0.2) is 63.1 Å². The van der Waals surface area contributed by atoms with Crippen LogP contribution in [0.2, 0.25) is 0 Å². The van der Waals surface area contributed by atoms with Crippen LogP contribution >= 0.6 is 0 Å². The third kappa shape index (κ3) is 7.48. The van der Waals surface area contributed by atoms with E-state index in [1.165, 1.54) is 12.1 Å². The van der Waals surface area contributed by atoms with Gasteiger partial charge in [0, 0.05) is 48.9 Å². The summed E-state index contributed by atoms with van der Waals surface area (Å²) in [7, 11) is 0. The van der Waals surface area contributed by atoms with Crippen molar-refractivity contribution in [2.75, 3.05) is 19.6 Å². The molecule has 14 heteroatoms. The van der Waals surface area contributed by atoms with Gasteiger partial charge in [-0.2, -0.15) is 22.0 Å². The third-order valence-corrected chi connectivity index (χ3v) is 11.6. The largest absolute Gasteiger partial charge is 0.480 e. The van der Waals surface area contributed by atoms with E-state index in [4.69, 9.17) is 18.6 Å². The number of oxazole rings is 2. The van der Waals surface area contributed by atoms with Gasteiger partial charge < -0.3 is 18.7 Å². The van der Waals surface area contributed by atoms with Crippen molar-refractivity contribution in [2.24, 2.45) is 11.8 Å². The molecule has 4 heterocycles. The first-order valence-corrected chi connectivity index (χ1v) is 18.9. The van der Waals surface area contributed by atoms with E-state index in [9.17, 15) is 31.9 Å². The van der Waals surface area contributed by atoms with Crippen molar-refractivity contribution in [1.29, 1.82) is 0 Å². The van der Waals surface area contributed by atoms with Crippen LogP contribution in [0.15, 0.2) is 69.5 Å². The topological polar surface area (TPSA) is 105 Å². The number of carboxylic acid groups (broad SMARTS) is 1. The van der Waals surface area contributed by atoms with Crippen molar-refractivity contribution >= 4 is 28.2 Å². The van der Waals surface area contributed by atoms with E-state index in [0.29, 0.717) is 65.5 Å². The molecular weight excluding hydrogens is 747 g/mol. The number of aliphatic carboxylic acids is 1. The number of carbonyl (C=O) groups is 1. The molecule has 0 aliphatic carbocycles. The number of fused-ring (bicyclic) bond motifs is 2. The van der Waals surface area contributed by atoms with E-state index in [0.717, 1.165) is 35.3 Å². The molecule has 4 aromatic carbocycles. The monoisotopic (exact) mass is 788 g/mol. The van der Waals surface area contributed by atoms with Gasteiger partial charge in [-0.05, 0) is 103 Å². The number of likely N-dealkylation sites (tertiary alicyclic amines) is 2. The normalized spacial score (nSPS) is 19.4. The molecule has 2 fully saturated rings. The Bertz CT molecular complexity index is 2480. The Labute approximate surface area is 325 Å². The summed E-state index contributed by atoms with van der Waals surface area (Å²) in [6.07, 6.45) is -3.52. The van der Waals surface area contributed by atoms with Crippen molar-refractivity contribution in [3.63, 3.8) is 0 Å². The number of aromatic nitrogens is 2. The number of carboxylic acids is 1. The maximum absolute atomic E-state index is 14.4. The molecule has 0 spiro atoms. The molecule has 0 radical (unpaired) electrons. The zero-order chi connectivity index (χ0) is 40.3. The molecule has 2 aliphatic heterocycles. The Morgan fingerprint density at radius 1 is 0.877 bits per heavy atom. The van der Waals surface area contributed by atoms with Crippen molar-refractivity contribution in [2.45, 2.75) is 72.5 Å². The van der Waals surface area contributed by atoms with Gasteiger partial charge in [0.1, 0.15) is 28.4 Å². The van der Waals surface area contributed by atoms with Gasteiger partial charge >= 0.3 is 18.8 Å². The van der Waals surface area contributed by atoms with Gasteiger partial charge in [0.05, 0.1) is 0 Å². The summed E-state index contributed by atoms with van der Waals surface area (Å²) < 4.78 is 87.3. The fourth-order valence-electron chi connectivity index (χ4n) is 8.42. The summed E-state index contributed by atoms with van der Waals surface area (Å²) in [5.74, 6) is 0.131. The Kier molecular flexibility index (Phi) is 10.1. The number of nitrogens with zero attached hydrogens (tertiary/aromatic N) is 4. The smallest absolute Gasteiger partial charge is 0.420 e. The molecule has 0 bridgehead atoms. The molecule has 2 unspecified atom stereocenters. The Morgan fingerprint density at radius 3 is 2.11 bits per heavy atom. The summed E-state index contributed by atoms with van der Waals surface area (Å²) in [6.45, 7) is 7.55. The Balaban J connectivity index is 1.14. The summed E-state index contributed by atoms with van der Waals surface area (Å²) in [5.41, 5.74) is 4.73. The van der Waals surface area contributed by atoms with Crippen molar-refractivity contribution in [1.82, 2.24) is 19.8 Å². The van der Waals surface area contributed by atoms with Crippen molar-refractivity contribution in [3.8, 4) is 39.8 Å². The first-order chi connectivity index (χ1) is 27.1. The zero-order valence-electron chi connectivity index (χ0n) is 31.8. The molecule has 2 aromatic heterocycles. The van der Waals surface area contributed by atoms with Gasteiger partial charge in [0.25, 0.3) is 0 Å². The van der Waals surface area contributed by atoms with Gasteiger partial charge in [-0.25, -0.2) is 9.97 Å². The van der Waals surface area contributed by atoms with E-state index in [-0.39, 0.29) is 40.8 Å². The molecule has 1 N–H and O–H groups in total. The SMILES string of the molecule is Cc1c(-c2nc3cc(CN4CCC[C@H]4C(=O)O)c(OC(F)F)cc3o2)cccc1-c1cccc(-c2nc3cc(CN4CC(C)C(C)C4)cc(C(F)(F)F)c3o2)c1C. The second kappa shape index (κ2) is 14.9. The summed E-state index contributed by atoms with van der Waals surface area (Å²) in [6, 6.07) is 16.1. The number of halogens is 5. The van der Waals surface area contributed by atoms with Crippen LogP contribution in [0.5, 0.6) is 5.75 Å². The molecule has 2 saturated heterocycles. The molecule has 298 valence electrons. The van der Waals surface area contributed by atoms with Gasteiger partial charge in [0.15, 0.2) is 11.2 Å². The Hall–Kier alpha value is -5.34. The second-order valence-electron chi connectivity index (χ2n) is 15.4. The number of benzene rings is 4. The molecule has 8 rings (SSSR count). The highest BCUT2D eigenvalue weighted by molar-refractivity contribution is 5.86. The molecule has 0 saturated carbocycles. The fourth-order valence-corrected chi connectivity index (χ4v) is 8.42. The maximum atomic E-state index is 14.4. The third-order valence-electron chi connectivity index (χ3n) is 11.6. The van der Waals surface area contributed by atoms with Gasteiger partial charge in [-0.1, -0.05) is 38.1 Å². The van der Waals surface area contributed by atoms with Crippen LogP contribution in [0.25, 0.3) is 56.2 Å². The van der Waals surface area contributed by atoms with Crippen LogP contribution < -0.4 is 4.74 Å². The fraction of sp³-hybridized carbons (Fsp3) is 0.372. The minimum Gasteiger partial charge on any atom is -0.480 e. The van der Waals surface area contributed by atoms with Crippen LogP contribution in [0, 0.1) is 25.7 Å². The predicted molar refractivity (Wildman–Crippen MR) is 204 cm³/mol. The molecule has 9 nitrogen and oxygen atoms in total. The zero-order valence-corrected chi connectivity index (χ0v) is 31.8. The highest BCUT2D eigenvalue weighted by Crippen LogP contribution is 2.42. The lowest BCUT2D eigenvalue weighted by Crippen LogP contribution is -2.35. The van der Waals surface area contributed by atoms with Crippen LogP contribution in [0.3, 0.4) is 0 Å². The van der Waals surface area contributed by atoms with Crippen LogP contribution in [0.1, 0.15) is 54.5 Å². The van der Waals surface area contributed by atoms with Gasteiger partial charge in [0.2, 0.25) is 11.8 Å². The average molecular weight is 789 g/mol. The minimum absolute atomic E-state index is 0.0735. The number of rotatable bonds is 10. The van der Waals surface area contributed by atoms with E-state index >= 15 is 0 Å². The summed E-state index contributed by atoms with van der Waals surface area (Å²) >= 11 is 0. The maximum Gasteiger partial charge on any atom is 0.420 e. The average Bonchev–Trinajstić information content (AvgIpc) is 3.94. The van der Waals surface area contributed by atoms with E-state index in [1.54, 1.807) is 29.2 Å². The molecule has 6 aromatic rings. The standard InChI is InChI=1S/C43H41F5N4O5/c1-22-18-51(19-23(22)2)20-26-14-32(43(46,47)48)38-34(15-26)50-40(57-38)31-11-6-9-29(25(31)4)28-8-5-10-30(24(28)3)39-49-33-16-27(21-52-13-7-12-35(52)41(53)54)36(56-42(44)45)17-37(33)55-39/h5-6,8-11,14-17,22-23,35,42H,7,12-13,18-21H2,1-4H3,(H,53,54)/t22?,23?,35-/m0/s1. The van der Waals surface area contributed by atoms with E-state index in [1.807, 2.05) is 38.1 Å². The lowest BCUT2D eigenvalue weighted by molar-refractivity contribution is -0.142. The second-order valence-corrected chi connectivity index (χ2v) is 15.4. The number of hydrogen-bond acceptors (Lipinski definition) is 8. The lowest BCUT2D eigenvalue weighted by Gasteiger charge is -2.22. The van der Waals surface area contributed by atoms with Crippen molar-refractivity contribution < 1.29 is 45.4 Å². The highest BCUT2D eigenvalue weighted by atomic mass is 19.4. The van der Waals surface area contributed by atoms with Crippen LogP contribution in [0.4, 0.5) is 22.0 Å². The molecule has 2 aliphatic rings. The molecular formula is C43H41F5N4O5. The van der Waals surface area contributed by atoms with Gasteiger partial charge in [-0.3, -0.25) is 14.6 Å². The minimum atomic E-state index is -4.65. The van der Waals surface area contributed by atoms with E-state index < -0.39 is 30.4 Å². The summed E-state index contributed by atoms with van der Waals surface area (Å²) in [4.78, 5) is 25.0.